The van der Waals surface area contributed by atoms with Crippen molar-refractivity contribution in [1.82, 2.24) is 10.8 Å². The standard InChI is InChI=1S/C9H18N2O2/c1-3-9(6-5-7-10-9)8(12)11-13-4-2/h10H,3-7H2,1-2H3,(H,11,12). The number of carbonyl (C=O) groups is 1. The molecule has 0 aromatic rings. The van der Waals surface area contributed by atoms with Crippen molar-refractivity contribution in [3.8, 4) is 0 Å². The molecule has 0 spiro atoms. The van der Waals surface area contributed by atoms with Crippen LogP contribution in [-0.2, 0) is 9.63 Å². The molecule has 1 fully saturated rings. The summed E-state index contributed by atoms with van der Waals surface area (Å²) in [5.41, 5.74) is 2.08. The average molecular weight is 186 g/mol. The number of rotatable bonds is 4. The Morgan fingerprint density at radius 2 is 2.38 bits per heavy atom. The van der Waals surface area contributed by atoms with Crippen molar-refractivity contribution in [3.63, 3.8) is 0 Å². The average Bonchev–Trinajstić information content (AvgIpc) is 2.63. The van der Waals surface area contributed by atoms with Crippen molar-refractivity contribution in [3.05, 3.63) is 0 Å². The summed E-state index contributed by atoms with van der Waals surface area (Å²) in [4.78, 5) is 16.6. The third-order valence-electron chi connectivity index (χ3n) is 2.59. The molecule has 0 radical (unpaired) electrons. The van der Waals surface area contributed by atoms with Gasteiger partial charge >= 0.3 is 0 Å². The molecule has 2 N–H and O–H groups in total. The van der Waals surface area contributed by atoms with Gasteiger partial charge in [0.25, 0.3) is 5.91 Å². The number of carbonyl (C=O) groups excluding carboxylic acids is 1. The van der Waals surface area contributed by atoms with Crippen molar-refractivity contribution < 1.29 is 9.63 Å². The van der Waals surface area contributed by atoms with E-state index in [2.05, 4.69) is 10.8 Å². The first-order valence-electron chi connectivity index (χ1n) is 4.92. The van der Waals surface area contributed by atoms with Crippen LogP contribution in [-0.4, -0.2) is 24.6 Å². The quantitative estimate of drug-likeness (QED) is 0.632. The van der Waals surface area contributed by atoms with Crippen LogP contribution in [0.25, 0.3) is 0 Å². The predicted octanol–water partition coefficient (Wildman–Crippen LogP) is 0.586. The van der Waals surface area contributed by atoms with Gasteiger partial charge in [-0.25, -0.2) is 5.48 Å². The highest BCUT2D eigenvalue weighted by molar-refractivity contribution is 5.85. The topological polar surface area (TPSA) is 50.4 Å². The zero-order chi connectivity index (χ0) is 9.73. The lowest BCUT2D eigenvalue weighted by Gasteiger charge is -2.25. The molecule has 1 amide bonds. The number of hydrogen-bond donors (Lipinski definition) is 2. The van der Waals surface area contributed by atoms with Crippen LogP contribution in [0.3, 0.4) is 0 Å². The molecule has 4 nitrogen and oxygen atoms in total. The lowest BCUT2D eigenvalue weighted by atomic mass is 9.94. The normalized spacial score (nSPS) is 27.5. The smallest absolute Gasteiger partial charge is 0.263 e. The van der Waals surface area contributed by atoms with Crippen LogP contribution in [0.2, 0.25) is 0 Å². The van der Waals surface area contributed by atoms with Gasteiger partial charge in [0.15, 0.2) is 0 Å². The largest absolute Gasteiger partial charge is 0.303 e. The Labute approximate surface area is 79.0 Å². The van der Waals surface area contributed by atoms with Gasteiger partial charge in [-0.2, -0.15) is 0 Å². The van der Waals surface area contributed by atoms with Crippen molar-refractivity contribution >= 4 is 5.91 Å². The van der Waals surface area contributed by atoms with Gasteiger partial charge in [0.05, 0.1) is 12.1 Å². The summed E-state index contributed by atoms with van der Waals surface area (Å²) in [5.74, 6) is -0.0330. The van der Waals surface area contributed by atoms with Gasteiger partial charge in [0, 0.05) is 0 Å². The molecule has 76 valence electrons. The fourth-order valence-corrected chi connectivity index (χ4v) is 1.70. The minimum absolute atomic E-state index is 0.0330. The maximum atomic E-state index is 11.7. The van der Waals surface area contributed by atoms with Crippen molar-refractivity contribution in [2.45, 2.75) is 38.6 Å². The van der Waals surface area contributed by atoms with Crippen LogP contribution in [0.5, 0.6) is 0 Å². The molecular weight excluding hydrogens is 168 g/mol. The summed E-state index contributed by atoms with van der Waals surface area (Å²) in [6, 6.07) is 0. The van der Waals surface area contributed by atoms with Crippen molar-refractivity contribution in [1.29, 1.82) is 0 Å². The number of hydroxylamine groups is 1. The first-order chi connectivity index (χ1) is 6.25. The van der Waals surface area contributed by atoms with Gasteiger partial charge in [-0.05, 0) is 32.7 Å². The van der Waals surface area contributed by atoms with Gasteiger partial charge < -0.3 is 5.32 Å². The molecule has 1 rings (SSSR count). The molecule has 1 saturated heterocycles. The molecule has 13 heavy (non-hydrogen) atoms. The first kappa shape index (κ1) is 10.5. The highest BCUT2D eigenvalue weighted by Crippen LogP contribution is 2.22. The Bertz CT molecular complexity index is 176. The molecular formula is C9H18N2O2. The second-order valence-electron chi connectivity index (χ2n) is 3.33. The van der Waals surface area contributed by atoms with E-state index in [0.29, 0.717) is 6.61 Å². The van der Waals surface area contributed by atoms with Gasteiger partial charge in [-0.15, -0.1) is 0 Å². The van der Waals surface area contributed by atoms with Crippen LogP contribution < -0.4 is 10.8 Å². The van der Waals surface area contributed by atoms with Crippen molar-refractivity contribution in [2.75, 3.05) is 13.2 Å². The summed E-state index contributed by atoms with van der Waals surface area (Å²) in [6.45, 7) is 5.30. The predicted molar refractivity (Wildman–Crippen MR) is 50.0 cm³/mol. The molecule has 1 aliphatic heterocycles. The molecule has 1 atom stereocenters. The zero-order valence-electron chi connectivity index (χ0n) is 8.35. The number of nitrogens with one attached hydrogen (secondary N) is 2. The van der Waals surface area contributed by atoms with E-state index in [-0.39, 0.29) is 11.4 Å². The maximum Gasteiger partial charge on any atom is 0.263 e. The minimum Gasteiger partial charge on any atom is -0.303 e. The highest BCUT2D eigenvalue weighted by atomic mass is 16.6. The van der Waals surface area contributed by atoms with Crippen LogP contribution in [0, 0.1) is 0 Å². The lowest BCUT2D eigenvalue weighted by molar-refractivity contribution is -0.139. The minimum atomic E-state index is -0.380. The Hall–Kier alpha value is -0.610. The summed E-state index contributed by atoms with van der Waals surface area (Å²) >= 11 is 0. The Kier molecular flexibility index (Phi) is 3.69. The van der Waals surface area contributed by atoms with E-state index in [0.717, 1.165) is 25.8 Å². The molecule has 0 aliphatic carbocycles. The molecule has 1 heterocycles. The first-order valence-corrected chi connectivity index (χ1v) is 4.92. The fraction of sp³-hybridized carbons (Fsp3) is 0.889. The van der Waals surface area contributed by atoms with E-state index in [9.17, 15) is 4.79 Å². The van der Waals surface area contributed by atoms with Crippen LogP contribution >= 0.6 is 0 Å². The monoisotopic (exact) mass is 186 g/mol. The van der Waals surface area contributed by atoms with Crippen LogP contribution in [0.4, 0.5) is 0 Å². The molecule has 0 aromatic carbocycles. The van der Waals surface area contributed by atoms with Crippen LogP contribution in [0.15, 0.2) is 0 Å². The molecule has 0 aromatic heterocycles. The van der Waals surface area contributed by atoms with E-state index in [1.165, 1.54) is 0 Å². The molecule has 0 saturated carbocycles. The molecule has 0 bridgehead atoms. The van der Waals surface area contributed by atoms with Gasteiger partial charge in [-0.3, -0.25) is 9.63 Å². The van der Waals surface area contributed by atoms with Gasteiger partial charge in [0.2, 0.25) is 0 Å². The summed E-state index contributed by atoms with van der Waals surface area (Å²) in [5, 5.41) is 3.24. The van der Waals surface area contributed by atoms with Gasteiger partial charge in [0.1, 0.15) is 0 Å². The summed E-state index contributed by atoms with van der Waals surface area (Å²) in [7, 11) is 0. The van der Waals surface area contributed by atoms with E-state index in [1.54, 1.807) is 0 Å². The van der Waals surface area contributed by atoms with E-state index in [1.807, 2.05) is 13.8 Å². The van der Waals surface area contributed by atoms with Gasteiger partial charge in [-0.1, -0.05) is 6.92 Å². The Morgan fingerprint density at radius 1 is 1.62 bits per heavy atom. The molecule has 1 unspecified atom stereocenters. The number of amides is 1. The van der Waals surface area contributed by atoms with Crippen LogP contribution in [0.1, 0.15) is 33.1 Å². The second kappa shape index (κ2) is 4.58. The summed E-state index contributed by atoms with van der Waals surface area (Å²) < 4.78 is 0. The van der Waals surface area contributed by atoms with E-state index in [4.69, 9.17) is 4.84 Å². The van der Waals surface area contributed by atoms with E-state index < -0.39 is 0 Å². The Balaban J connectivity index is 2.49. The van der Waals surface area contributed by atoms with Crippen molar-refractivity contribution in [2.24, 2.45) is 0 Å². The highest BCUT2D eigenvalue weighted by Gasteiger charge is 2.39. The summed E-state index contributed by atoms with van der Waals surface area (Å²) in [6.07, 6.45) is 2.78. The maximum absolute atomic E-state index is 11.7. The zero-order valence-corrected chi connectivity index (χ0v) is 8.35. The lowest BCUT2D eigenvalue weighted by Crippen LogP contribution is -2.53. The SMILES string of the molecule is CCONC(=O)C1(CC)CCCN1. The fourth-order valence-electron chi connectivity index (χ4n) is 1.70. The van der Waals surface area contributed by atoms with E-state index >= 15 is 0 Å². The third kappa shape index (κ3) is 2.19. The second-order valence-corrected chi connectivity index (χ2v) is 3.33. The molecule has 1 aliphatic rings. The third-order valence-corrected chi connectivity index (χ3v) is 2.59. The molecule has 4 heteroatoms. The number of hydrogen-bond acceptors (Lipinski definition) is 3. The Morgan fingerprint density at radius 3 is 2.85 bits per heavy atom.